The van der Waals surface area contributed by atoms with Crippen molar-refractivity contribution in [3.05, 3.63) is 155 Å². The smallest absolute Gasteiger partial charge is 0.438 e. The van der Waals surface area contributed by atoms with E-state index in [1.165, 1.54) is 37.7 Å². The molecule has 0 spiro atoms. The molecular weight excluding hydrogens is 739 g/mol. The molecule has 4 aromatic carbocycles. The Morgan fingerprint density at radius 3 is 2.05 bits per heavy atom. The molecule has 0 aliphatic heterocycles. The van der Waals surface area contributed by atoms with Gasteiger partial charge in [0, 0.05) is 43.1 Å². The first-order chi connectivity index (χ1) is 28.1. The zero-order chi connectivity index (χ0) is 40.9. The molecule has 0 aliphatic rings. The molecule has 0 bridgehead atoms. The molecule has 6 aromatic rings. The quantitative estimate of drug-likeness (QED) is 0.0439. The van der Waals surface area contributed by atoms with Gasteiger partial charge in [0.25, 0.3) is 17.7 Å². The zero-order valence-electron chi connectivity index (χ0n) is 31.2. The molecule has 58 heavy (non-hydrogen) atoms. The lowest BCUT2D eigenvalue weighted by molar-refractivity contribution is -0.128. The Morgan fingerprint density at radius 2 is 1.40 bits per heavy atom. The fourth-order valence-electron chi connectivity index (χ4n) is 6.01. The molecule has 0 saturated carbocycles. The Balaban J connectivity index is 1.18. The van der Waals surface area contributed by atoms with Crippen LogP contribution >= 0.6 is 0 Å². The van der Waals surface area contributed by atoms with Gasteiger partial charge < -0.3 is 30.4 Å². The second-order valence-corrected chi connectivity index (χ2v) is 13.1. The number of hydrogen-bond donors (Lipinski definition) is 7. The van der Waals surface area contributed by atoms with E-state index >= 15 is 0 Å². The first-order valence-electron chi connectivity index (χ1n) is 18.1. The van der Waals surface area contributed by atoms with E-state index in [2.05, 4.69) is 41.7 Å². The first-order valence-corrected chi connectivity index (χ1v) is 18.1. The van der Waals surface area contributed by atoms with Crippen LogP contribution in [0.5, 0.6) is 11.6 Å². The highest BCUT2D eigenvalue weighted by atomic mass is 16.5. The number of hydrogen-bond acceptors (Lipinski definition) is 10. The summed E-state index contributed by atoms with van der Waals surface area (Å²) < 4.78 is 5.89. The molecule has 6 rings (SSSR count). The van der Waals surface area contributed by atoms with Gasteiger partial charge in [-0.2, -0.15) is 10.2 Å². The Morgan fingerprint density at radius 1 is 0.776 bits per heavy atom. The molecule has 2 heterocycles. The second-order valence-electron chi connectivity index (χ2n) is 13.1. The maximum atomic E-state index is 13.8. The summed E-state index contributed by atoms with van der Waals surface area (Å²) in [6, 6.07) is 31.2. The predicted octanol–water partition coefficient (Wildman–Crippen LogP) is 2.72. The maximum Gasteiger partial charge on any atom is 0.488 e. The minimum Gasteiger partial charge on any atom is -0.438 e. The summed E-state index contributed by atoms with van der Waals surface area (Å²) in [6.45, 7) is 1.31. The van der Waals surface area contributed by atoms with Crippen molar-refractivity contribution in [3.63, 3.8) is 0 Å². The predicted molar refractivity (Wildman–Crippen MR) is 220 cm³/mol. The third-order valence-electron chi connectivity index (χ3n) is 8.75. The molecule has 2 aromatic heterocycles. The zero-order valence-corrected chi connectivity index (χ0v) is 31.2. The molecule has 0 fully saturated rings. The van der Waals surface area contributed by atoms with Crippen LogP contribution in [0, 0.1) is 0 Å². The van der Waals surface area contributed by atoms with Crippen molar-refractivity contribution in [1.82, 2.24) is 31.5 Å². The number of nitrogens with zero attached hydrogens (tertiary/aromatic N) is 3. The molecule has 16 heteroatoms. The molecule has 2 atom stereocenters. The van der Waals surface area contributed by atoms with Gasteiger partial charge in [0.05, 0.1) is 12.4 Å². The van der Waals surface area contributed by atoms with Gasteiger partial charge in [0.1, 0.15) is 23.4 Å². The minimum absolute atomic E-state index is 0.0556. The fraction of sp³-hybridized carbons (Fsp3) is 0.119. The standard InChI is InChI=1S/C42H39BN8O7/c1-27(52)48-37(22-28-11-4-2-5-12-28)40(54)50-46-24-29-19-30(21-32(20-29)43(56)57)25-47-51-41(55)38(23-31-26-45-36-17-9-8-15-34(31)36)49-39(53)35-16-10-18-44-42(35)58-33-13-6-3-7-14-33/h2-21,24-26,37-38,45,56-57H,22-23H2,1H3,(H,48,52)(H,49,53)(H,50,54)(H,51,55)/b46-24+,47-25+/t37?,38-/m1/s1. The van der Waals surface area contributed by atoms with Gasteiger partial charge in [-0.25, -0.2) is 15.8 Å². The van der Waals surface area contributed by atoms with Gasteiger partial charge in [-0.3, -0.25) is 19.2 Å². The molecule has 1 unspecified atom stereocenters. The van der Waals surface area contributed by atoms with Gasteiger partial charge in [-0.15, -0.1) is 0 Å². The highest BCUT2D eigenvalue weighted by Crippen LogP contribution is 2.23. The number of rotatable bonds is 16. The van der Waals surface area contributed by atoms with Crippen molar-refractivity contribution < 1.29 is 34.0 Å². The van der Waals surface area contributed by atoms with Gasteiger partial charge in [-0.05, 0) is 64.1 Å². The van der Waals surface area contributed by atoms with E-state index in [1.807, 2.05) is 60.7 Å². The van der Waals surface area contributed by atoms with Gasteiger partial charge in [0.15, 0.2) is 0 Å². The Bertz CT molecular complexity index is 2440. The summed E-state index contributed by atoms with van der Waals surface area (Å²) in [5, 5.41) is 34.4. The van der Waals surface area contributed by atoms with E-state index in [0.29, 0.717) is 16.9 Å². The normalized spacial score (nSPS) is 12.2. The number of ether oxygens (including phenoxy) is 1. The lowest BCUT2D eigenvalue weighted by atomic mass is 9.79. The van der Waals surface area contributed by atoms with Crippen LogP contribution in [0.4, 0.5) is 0 Å². The van der Waals surface area contributed by atoms with Crippen molar-refractivity contribution in [2.24, 2.45) is 10.2 Å². The highest BCUT2D eigenvalue weighted by molar-refractivity contribution is 6.58. The summed E-state index contributed by atoms with van der Waals surface area (Å²) in [5.41, 5.74) is 8.26. The SMILES string of the molecule is CC(=O)NC(Cc1ccccc1)C(=O)N/N=C/c1cc(/C=N/NC(=O)[C@@H](Cc2c[nH]c3ccccc23)NC(=O)c2cccnc2Oc2ccccc2)cc(B(O)O)c1. The number of para-hydroxylation sites is 2. The summed E-state index contributed by atoms with van der Waals surface area (Å²) in [4.78, 5) is 59.7. The van der Waals surface area contributed by atoms with E-state index in [1.54, 1.807) is 48.7 Å². The average Bonchev–Trinajstić information content (AvgIpc) is 3.63. The third kappa shape index (κ3) is 11.1. The summed E-state index contributed by atoms with van der Waals surface area (Å²) in [7, 11) is -1.86. The van der Waals surface area contributed by atoms with Crippen LogP contribution in [0.3, 0.4) is 0 Å². The van der Waals surface area contributed by atoms with Gasteiger partial charge in [-0.1, -0.05) is 78.9 Å². The van der Waals surface area contributed by atoms with E-state index in [0.717, 1.165) is 22.0 Å². The number of amides is 4. The number of H-pyrrole nitrogens is 1. The molecular formula is C42H39BN8O7. The van der Waals surface area contributed by atoms with Crippen LogP contribution in [-0.4, -0.2) is 75.3 Å². The van der Waals surface area contributed by atoms with Crippen LogP contribution in [0.25, 0.3) is 10.9 Å². The number of aromatic amines is 1. The monoisotopic (exact) mass is 778 g/mol. The number of carbonyl (C=O) groups excluding carboxylic acids is 4. The second kappa shape index (κ2) is 19.4. The maximum absolute atomic E-state index is 13.8. The number of benzene rings is 4. The van der Waals surface area contributed by atoms with Crippen molar-refractivity contribution in [1.29, 1.82) is 0 Å². The Hall–Kier alpha value is -7.43. The number of aromatic nitrogens is 2. The minimum atomic E-state index is -1.86. The van der Waals surface area contributed by atoms with E-state index in [-0.39, 0.29) is 35.7 Å². The van der Waals surface area contributed by atoms with Crippen molar-refractivity contribution in [2.75, 3.05) is 0 Å². The van der Waals surface area contributed by atoms with E-state index < -0.39 is 36.9 Å². The average molecular weight is 779 g/mol. The third-order valence-corrected chi connectivity index (χ3v) is 8.75. The van der Waals surface area contributed by atoms with Crippen molar-refractivity contribution >= 4 is 59.5 Å². The first kappa shape index (κ1) is 40.2. The van der Waals surface area contributed by atoms with Crippen LogP contribution in [0.1, 0.15) is 39.5 Å². The number of fused-ring (bicyclic) bond motifs is 1. The molecule has 15 nitrogen and oxygen atoms in total. The molecule has 7 N–H and O–H groups in total. The van der Waals surface area contributed by atoms with E-state index in [9.17, 15) is 29.2 Å². The number of carbonyl (C=O) groups is 4. The van der Waals surface area contributed by atoms with Crippen molar-refractivity contribution in [2.45, 2.75) is 31.8 Å². The summed E-state index contributed by atoms with van der Waals surface area (Å²) in [5.74, 6) is -1.66. The van der Waals surface area contributed by atoms with Crippen LogP contribution in [0.15, 0.2) is 138 Å². The number of pyridine rings is 1. The van der Waals surface area contributed by atoms with Crippen LogP contribution in [-0.2, 0) is 27.2 Å². The Kier molecular flexibility index (Phi) is 13.5. The largest absolute Gasteiger partial charge is 0.488 e. The molecule has 0 aliphatic carbocycles. The van der Waals surface area contributed by atoms with Crippen LogP contribution < -0.4 is 31.7 Å². The lowest BCUT2D eigenvalue weighted by Gasteiger charge is -2.18. The van der Waals surface area contributed by atoms with Gasteiger partial charge in [0.2, 0.25) is 11.8 Å². The molecule has 0 radical (unpaired) electrons. The topological polar surface area (TPSA) is 219 Å². The Labute approximate surface area is 333 Å². The highest BCUT2D eigenvalue weighted by Gasteiger charge is 2.25. The number of hydrazone groups is 2. The summed E-state index contributed by atoms with van der Waals surface area (Å²) >= 11 is 0. The molecule has 0 saturated heterocycles. The number of nitrogens with one attached hydrogen (secondary N) is 5. The molecule has 292 valence electrons. The fourth-order valence-corrected chi connectivity index (χ4v) is 6.01. The summed E-state index contributed by atoms with van der Waals surface area (Å²) in [6.07, 6.45) is 6.17. The van der Waals surface area contributed by atoms with E-state index in [4.69, 9.17) is 4.74 Å². The van der Waals surface area contributed by atoms with Crippen molar-refractivity contribution in [3.8, 4) is 11.6 Å². The van der Waals surface area contributed by atoms with Crippen LogP contribution in [0.2, 0.25) is 0 Å². The lowest BCUT2D eigenvalue weighted by Crippen LogP contribution is -2.47. The molecule has 4 amide bonds. The van der Waals surface area contributed by atoms with Gasteiger partial charge >= 0.3 is 7.12 Å².